The van der Waals surface area contributed by atoms with Crippen LogP contribution in [0.15, 0.2) is 41.4 Å². The highest BCUT2D eigenvalue weighted by Crippen LogP contribution is 2.26. The maximum atomic E-state index is 13.0. The summed E-state index contributed by atoms with van der Waals surface area (Å²) in [5, 5.41) is 6.26. The number of carbonyl (C=O) groups excluding carboxylic acids is 1. The summed E-state index contributed by atoms with van der Waals surface area (Å²) in [6.07, 6.45) is 2.26. The monoisotopic (exact) mass is 473 g/mol. The van der Waals surface area contributed by atoms with Crippen LogP contribution in [-0.2, 0) is 15.4 Å². The molecule has 0 bridgehead atoms. The van der Waals surface area contributed by atoms with Gasteiger partial charge in [-0.25, -0.2) is 13.4 Å². The number of piperazine rings is 1. The van der Waals surface area contributed by atoms with E-state index < -0.39 is 10.0 Å². The molecule has 1 fully saturated rings. The van der Waals surface area contributed by atoms with Crippen LogP contribution in [-0.4, -0.2) is 51.5 Å². The Morgan fingerprint density at radius 2 is 1.82 bits per heavy atom. The summed E-state index contributed by atoms with van der Waals surface area (Å²) < 4.78 is 28.6. The lowest BCUT2D eigenvalue weighted by atomic mass is 9.87. The molecular weight excluding hydrogens is 438 g/mol. The van der Waals surface area contributed by atoms with Crippen molar-refractivity contribution < 1.29 is 13.2 Å². The van der Waals surface area contributed by atoms with E-state index in [1.807, 2.05) is 30.9 Å². The number of hydrogen-bond acceptors (Lipinski definition) is 6. The van der Waals surface area contributed by atoms with Gasteiger partial charge in [-0.1, -0.05) is 39.8 Å². The van der Waals surface area contributed by atoms with E-state index in [1.54, 1.807) is 18.2 Å². The Labute approximate surface area is 197 Å². The van der Waals surface area contributed by atoms with Crippen LogP contribution in [0.25, 0.3) is 0 Å². The maximum absolute atomic E-state index is 13.0. The molecule has 0 radical (unpaired) electrons. The van der Waals surface area contributed by atoms with Gasteiger partial charge in [0, 0.05) is 32.2 Å². The third-order valence-corrected chi connectivity index (χ3v) is 7.20. The second kappa shape index (κ2) is 10.1. The van der Waals surface area contributed by atoms with Gasteiger partial charge in [0.05, 0.1) is 22.3 Å². The molecule has 1 unspecified atom stereocenters. The van der Waals surface area contributed by atoms with Crippen molar-refractivity contribution in [3.8, 4) is 0 Å². The number of anilines is 2. The quantitative estimate of drug-likeness (QED) is 0.571. The number of aromatic nitrogens is 1. The first-order valence-corrected chi connectivity index (χ1v) is 12.9. The minimum Gasteiger partial charge on any atom is -0.353 e. The fraction of sp³-hybridized carbons (Fsp3) is 0.500. The number of amides is 1. The zero-order chi connectivity index (χ0) is 24.2. The van der Waals surface area contributed by atoms with E-state index in [0.29, 0.717) is 11.4 Å². The Morgan fingerprint density at radius 1 is 1.18 bits per heavy atom. The van der Waals surface area contributed by atoms with E-state index >= 15 is 0 Å². The van der Waals surface area contributed by atoms with E-state index in [-0.39, 0.29) is 27.9 Å². The van der Waals surface area contributed by atoms with Crippen molar-refractivity contribution in [3.63, 3.8) is 0 Å². The molecular formula is C24H35N5O3S. The van der Waals surface area contributed by atoms with Crippen molar-refractivity contribution >= 4 is 27.4 Å². The maximum Gasteiger partial charge on any atom is 0.261 e. The summed E-state index contributed by atoms with van der Waals surface area (Å²) in [5.74, 6) is 0.302. The predicted molar refractivity (Wildman–Crippen MR) is 132 cm³/mol. The fourth-order valence-electron chi connectivity index (χ4n) is 3.56. The Bertz CT molecular complexity index is 1070. The van der Waals surface area contributed by atoms with Crippen LogP contribution < -0.4 is 20.3 Å². The molecule has 8 nitrogen and oxygen atoms in total. The van der Waals surface area contributed by atoms with Crippen LogP contribution in [0.1, 0.15) is 57.0 Å². The van der Waals surface area contributed by atoms with Crippen molar-refractivity contribution in [2.75, 3.05) is 35.8 Å². The normalized spacial score (nSPS) is 15.7. The predicted octanol–water partition coefficient (Wildman–Crippen LogP) is 3.12. The minimum atomic E-state index is -3.83. The molecule has 1 aliphatic heterocycles. The van der Waals surface area contributed by atoms with Crippen molar-refractivity contribution in [2.45, 2.75) is 57.4 Å². The summed E-state index contributed by atoms with van der Waals surface area (Å²) in [4.78, 5) is 19.7. The lowest BCUT2D eigenvalue weighted by molar-refractivity contribution is 0.0939. The smallest absolute Gasteiger partial charge is 0.261 e. The van der Waals surface area contributed by atoms with Gasteiger partial charge < -0.3 is 15.5 Å². The van der Waals surface area contributed by atoms with Gasteiger partial charge in [0.2, 0.25) is 0 Å². The van der Waals surface area contributed by atoms with Gasteiger partial charge in [0.15, 0.2) is 0 Å². The second-order valence-electron chi connectivity index (χ2n) is 9.49. The van der Waals surface area contributed by atoms with E-state index in [9.17, 15) is 13.2 Å². The lowest BCUT2D eigenvalue weighted by Gasteiger charge is -2.30. The van der Waals surface area contributed by atoms with Gasteiger partial charge in [-0.3, -0.25) is 9.52 Å². The Morgan fingerprint density at radius 3 is 2.39 bits per heavy atom. The van der Waals surface area contributed by atoms with Crippen LogP contribution in [0.2, 0.25) is 0 Å². The number of sulfonamides is 1. The number of benzene rings is 1. The standard InChI is InChI=1S/C24H35N5O3S/c1-6-17(2)27-23(30)21-15-19(16-26-22(21)29-13-11-25-12-14-29)28-33(31,32)20-9-7-18(8-10-20)24(3,4)5/h7-10,15-17,25,28H,6,11-14H2,1-5H3,(H,27,30). The zero-order valence-corrected chi connectivity index (χ0v) is 20.9. The molecule has 2 heterocycles. The molecule has 3 rings (SSSR count). The third-order valence-electron chi connectivity index (χ3n) is 5.80. The summed E-state index contributed by atoms with van der Waals surface area (Å²) in [6, 6.07) is 8.42. The lowest BCUT2D eigenvalue weighted by Crippen LogP contribution is -2.45. The van der Waals surface area contributed by atoms with E-state index in [0.717, 1.165) is 38.2 Å². The first-order valence-electron chi connectivity index (χ1n) is 11.4. The molecule has 0 saturated carbocycles. The number of hydrogen-bond donors (Lipinski definition) is 3. The molecule has 1 atom stereocenters. The van der Waals surface area contributed by atoms with E-state index in [4.69, 9.17) is 0 Å². The average Bonchev–Trinajstić information content (AvgIpc) is 2.78. The van der Waals surface area contributed by atoms with E-state index in [2.05, 4.69) is 41.1 Å². The molecule has 1 aliphatic rings. The summed E-state index contributed by atoms with van der Waals surface area (Å²) in [5.41, 5.74) is 1.59. The molecule has 1 aromatic carbocycles. The third kappa shape index (κ3) is 6.23. The Balaban J connectivity index is 1.90. The molecule has 0 spiro atoms. The number of nitrogens with zero attached hydrogens (tertiary/aromatic N) is 2. The molecule has 9 heteroatoms. The summed E-state index contributed by atoms with van der Waals surface area (Å²) >= 11 is 0. The summed E-state index contributed by atoms with van der Waals surface area (Å²) in [7, 11) is -3.83. The van der Waals surface area contributed by atoms with Gasteiger partial charge >= 0.3 is 0 Å². The number of rotatable bonds is 7. The van der Waals surface area contributed by atoms with Gasteiger partial charge in [-0.2, -0.15) is 0 Å². The highest BCUT2D eigenvalue weighted by Gasteiger charge is 2.23. The van der Waals surface area contributed by atoms with Crippen LogP contribution in [0, 0.1) is 0 Å². The molecule has 0 aliphatic carbocycles. The molecule has 1 aromatic heterocycles. The molecule has 33 heavy (non-hydrogen) atoms. The van der Waals surface area contributed by atoms with Crippen LogP contribution in [0.5, 0.6) is 0 Å². The summed E-state index contributed by atoms with van der Waals surface area (Å²) in [6.45, 7) is 13.2. The fourth-order valence-corrected chi connectivity index (χ4v) is 4.60. The number of nitrogens with one attached hydrogen (secondary N) is 3. The largest absolute Gasteiger partial charge is 0.353 e. The molecule has 180 valence electrons. The van der Waals surface area contributed by atoms with Gasteiger partial charge in [0.25, 0.3) is 15.9 Å². The highest BCUT2D eigenvalue weighted by molar-refractivity contribution is 7.92. The van der Waals surface area contributed by atoms with Crippen molar-refractivity contribution in [1.82, 2.24) is 15.6 Å². The molecule has 2 aromatic rings. The van der Waals surface area contributed by atoms with Crippen molar-refractivity contribution in [3.05, 3.63) is 47.7 Å². The average molecular weight is 474 g/mol. The molecule has 3 N–H and O–H groups in total. The Hall–Kier alpha value is -2.65. The van der Waals surface area contributed by atoms with Crippen molar-refractivity contribution in [1.29, 1.82) is 0 Å². The molecule has 1 saturated heterocycles. The molecule has 1 amide bonds. The first-order chi connectivity index (χ1) is 15.5. The first kappa shape index (κ1) is 25.0. The Kier molecular flexibility index (Phi) is 7.64. The van der Waals surface area contributed by atoms with Gasteiger partial charge in [0.1, 0.15) is 5.82 Å². The van der Waals surface area contributed by atoms with E-state index in [1.165, 1.54) is 6.20 Å². The second-order valence-corrected chi connectivity index (χ2v) is 11.2. The van der Waals surface area contributed by atoms with Gasteiger partial charge in [-0.15, -0.1) is 0 Å². The SMILES string of the molecule is CCC(C)NC(=O)c1cc(NS(=O)(=O)c2ccc(C(C)(C)C)cc2)cnc1N1CCNCC1. The van der Waals surface area contributed by atoms with Crippen LogP contribution in [0.4, 0.5) is 11.5 Å². The number of carbonyl (C=O) groups is 1. The minimum absolute atomic E-state index is 0.00458. The zero-order valence-electron chi connectivity index (χ0n) is 20.1. The van der Waals surface area contributed by atoms with Crippen LogP contribution in [0.3, 0.4) is 0 Å². The highest BCUT2D eigenvalue weighted by atomic mass is 32.2. The number of pyridine rings is 1. The van der Waals surface area contributed by atoms with Crippen molar-refractivity contribution in [2.24, 2.45) is 0 Å². The van der Waals surface area contributed by atoms with Crippen LogP contribution >= 0.6 is 0 Å². The van der Waals surface area contributed by atoms with Gasteiger partial charge in [-0.05, 0) is 42.5 Å². The topological polar surface area (TPSA) is 103 Å².